The van der Waals surface area contributed by atoms with Crippen LogP contribution in [0.5, 0.6) is 0 Å². The van der Waals surface area contributed by atoms with Gasteiger partial charge in [0, 0.05) is 19.5 Å². The first-order valence-electron chi connectivity index (χ1n) is 6.36. The van der Waals surface area contributed by atoms with Crippen LogP contribution in [-0.4, -0.2) is 44.8 Å². The zero-order chi connectivity index (χ0) is 13.8. The Morgan fingerprint density at radius 2 is 2.16 bits per heavy atom. The molecule has 3 N–H and O–H groups in total. The molecule has 1 aromatic rings. The zero-order valence-electron chi connectivity index (χ0n) is 10.9. The summed E-state index contributed by atoms with van der Waals surface area (Å²) in [6.45, 7) is 3.30. The number of rotatable bonds is 3. The highest BCUT2D eigenvalue weighted by Crippen LogP contribution is 2.21. The Morgan fingerprint density at radius 3 is 2.74 bits per heavy atom. The molecule has 0 radical (unpaired) electrons. The summed E-state index contributed by atoms with van der Waals surface area (Å²) in [6, 6.07) is 0.174. The van der Waals surface area contributed by atoms with E-state index in [0.717, 1.165) is 25.9 Å². The van der Waals surface area contributed by atoms with E-state index < -0.39 is 5.91 Å². The molecule has 0 saturated carbocycles. The lowest BCUT2D eigenvalue weighted by atomic mass is 10.1. The average Bonchev–Trinajstić information content (AvgIpc) is 2.95. The number of nitrogen functional groups attached to an aromatic ring is 1. The van der Waals surface area contributed by atoms with Crippen molar-refractivity contribution in [2.24, 2.45) is 5.84 Å². The van der Waals surface area contributed by atoms with Crippen molar-refractivity contribution in [1.29, 1.82) is 0 Å². The summed E-state index contributed by atoms with van der Waals surface area (Å²) in [5.74, 6) is 4.76. The number of aromatic nitrogens is 3. The van der Waals surface area contributed by atoms with Gasteiger partial charge in [-0.25, -0.2) is 10.5 Å². The van der Waals surface area contributed by atoms with Crippen LogP contribution in [0.4, 0.5) is 0 Å². The minimum absolute atomic E-state index is 0.174. The Hall–Kier alpha value is -1.96. The van der Waals surface area contributed by atoms with E-state index in [2.05, 4.69) is 10.3 Å². The molecule has 2 amide bonds. The first-order valence-corrected chi connectivity index (χ1v) is 6.36. The SMILES string of the molecule is CCC(=O)N1CCC(n2cc(C(=O)NN)nn2)CC1. The maximum Gasteiger partial charge on any atom is 0.287 e. The first kappa shape index (κ1) is 13.5. The van der Waals surface area contributed by atoms with Gasteiger partial charge in [0.05, 0.1) is 12.2 Å². The molecule has 0 bridgehead atoms. The van der Waals surface area contributed by atoms with Gasteiger partial charge in [0.25, 0.3) is 5.91 Å². The molecule has 1 fully saturated rings. The largest absolute Gasteiger partial charge is 0.343 e. The van der Waals surface area contributed by atoms with Crippen LogP contribution >= 0.6 is 0 Å². The number of carbonyl (C=O) groups excluding carboxylic acids is 2. The number of nitrogens with two attached hydrogens (primary N) is 1. The Labute approximate surface area is 110 Å². The lowest BCUT2D eigenvalue weighted by Gasteiger charge is -2.31. The molecule has 8 nitrogen and oxygen atoms in total. The van der Waals surface area contributed by atoms with Crippen LogP contribution in [0.15, 0.2) is 6.20 Å². The second kappa shape index (κ2) is 5.79. The summed E-state index contributed by atoms with van der Waals surface area (Å²) in [7, 11) is 0. The molecule has 0 aliphatic carbocycles. The molecule has 0 aromatic carbocycles. The van der Waals surface area contributed by atoms with E-state index in [1.807, 2.05) is 17.2 Å². The van der Waals surface area contributed by atoms with E-state index in [1.54, 1.807) is 10.9 Å². The summed E-state index contributed by atoms with van der Waals surface area (Å²) >= 11 is 0. The lowest BCUT2D eigenvalue weighted by Crippen LogP contribution is -2.38. The van der Waals surface area contributed by atoms with Crippen LogP contribution < -0.4 is 11.3 Å². The zero-order valence-corrected chi connectivity index (χ0v) is 10.9. The highest BCUT2D eigenvalue weighted by Gasteiger charge is 2.24. The van der Waals surface area contributed by atoms with Crippen LogP contribution in [0.3, 0.4) is 0 Å². The molecule has 2 heterocycles. The Bertz CT molecular complexity index is 464. The fourth-order valence-corrected chi connectivity index (χ4v) is 2.24. The quantitative estimate of drug-likeness (QED) is 0.434. The second-order valence-corrected chi connectivity index (χ2v) is 4.52. The van der Waals surface area contributed by atoms with Crippen molar-refractivity contribution >= 4 is 11.8 Å². The number of hydrogen-bond acceptors (Lipinski definition) is 5. The summed E-state index contributed by atoms with van der Waals surface area (Å²) in [6.07, 6.45) is 3.76. The Morgan fingerprint density at radius 1 is 1.47 bits per heavy atom. The van der Waals surface area contributed by atoms with Gasteiger partial charge in [0.2, 0.25) is 5.91 Å². The number of carbonyl (C=O) groups is 2. The highest BCUT2D eigenvalue weighted by molar-refractivity contribution is 5.91. The van der Waals surface area contributed by atoms with E-state index in [-0.39, 0.29) is 17.6 Å². The number of likely N-dealkylation sites (tertiary alicyclic amines) is 1. The van der Waals surface area contributed by atoms with E-state index in [0.29, 0.717) is 6.42 Å². The minimum atomic E-state index is -0.454. The predicted octanol–water partition coefficient (Wildman–Crippen LogP) is -0.545. The molecule has 1 saturated heterocycles. The standard InChI is InChI=1S/C11H18N6O2/c1-2-10(18)16-5-3-8(4-6-16)17-7-9(14-15-17)11(19)13-12/h7-8H,2-6,12H2,1H3,(H,13,19). The topological polar surface area (TPSA) is 106 Å². The molecule has 0 unspecified atom stereocenters. The minimum Gasteiger partial charge on any atom is -0.343 e. The fourth-order valence-electron chi connectivity index (χ4n) is 2.24. The third kappa shape index (κ3) is 2.90. The van der Waals surface area contributed by atoms with Crippen molar-refractivity contribution in [3.05, 3.63) is 11.9 Å². The molecule has 0 atom stereocenters. The third-order valence-electron chi connectivity index (χ3n) is 3.37. The van der Waals surface area contributed by atoms with Crippen molar-refractivity contribution in [3.8, 4) is 0 Å². The number of nitrogens with one attached hydrogen (secondary N) is 1. The second-order valence-electron chi connectivity index (χ2n) is 4.52. The van der Waals surface area contributed by atoms with Crippen LogP contribution in [0.2, 0.25) is 0 Å². The van der Waals surface area contributed by atoms with Gasteiger partial charge in [-0.1, -0.05) is 12.1 Å². The fraction of sp³-hybridized carbons (Fsp3) is 0.636. The smallest absolute Gasteiger partial charge is 0.287 e. The summed E-state index contributed by atoms with van der Waals surface area (Å²) < 4.78 is 1.68. The number of amides is 2. The van der Waals surface area contributed by atoms with E-state index in [4.69, 9.17) is 5.84 Å². The average molecular weight is 266 g/mol. The number of piperidine rings is 1. The van der Waals surface area contributed by atoms with Gasteiger partial charge in [-0.3, -0.25) is 15.0 Å². The van der Waals surface area contributed by atoms with E-state index >= 15 is 0 Å². The molecular weight excluding hydrogens is 248 g/mol. The lowest BCUT2D eigenvalue weighted by molar-refractivity contribution is -0.132. The monoisotopic (exact) mass is 266 g/mol. The van der Waals surface area contributed by atoms with Gasteiger partial charge in [-0.15, -0.1) is 5.10 Å². The van der Waals surface area contributed by atoms with Gasteiger partial charge >= 0.3 is 0 Å². The van der Waals surface area contributed by atoms with Crippen LogP contribution in [0.25, 0.3) is 0 Å². The summed E-state index contributed by atoms with van der Waals surface area (Å²) in [5, 5.41) is 7.72. The van der Waals surface area contributed by atoms with Crippen molar-refractivity contribution in [1.82, 2.24) is 25.3 Å². The van der Waals surface area contributed by atoms with Gasteiger partial charge in [0.1, 0.15) is 0 Å². The summed E-state index contributed by atoms with van der Waals surface area (Å²) in [4.78, 5) is 24.7. The first-order chi connectivity index (χ1) is 9.15. The van der Waals surface area contributed by atoms with Gasteiger partial charge in [0.15, 0.2) is 5.69 Å². The van der Waals surface area contributed by atoms with Crippen molar-refractivity contribution in [3.63, 3.8) is 0 Å². The van der Waals surface area contributed by atoms with Crippen LogP contribution in [0.1, 0.15) is 42.7 Å². The van der Waals surface area contributed by atoms with Crippen LogP contribution in [0, 0.1) is 0 Å². The molecule has 19 heavy (non-hydrogen) atoms. The maximum absolute atomic E-state index is 11.6. The van der Waals surface area contributed by atoms with E-state index in [9.17, 15) is 9.59 Å². The molecule has 0 spiro atoms. The van der Waals surface area contributed by atoms with Crippen molar-refractivity contribution in [2.45, 2.75) is 32.2 Å². The van der Waals surface area contributed by atoms with Gasteiger partial charge in [-0.2, -0.15) is 0 Å². The predicted molar refractivity (Wildman–Crippen MR) is 66.8 cm³/mol. The van der Waals surface area contributed by atoms with Gasteiger partial charge < -0.3 is 4.90 Å². The third-order valence-corrected chi connectivity index (χ3v) is 3.37. The number of hydrogen-bond donors (Lipinski definition) is 2. The van der Waals surface area contributed by atoms with E-state index in [1.165, 1.54) is 0 Å². The number of hydrazine groups is 1. The van der Waals surface area contributed by atoms with Crippen LogP contribution in [-0.2, 0) is 4.79 Å². The molecule has 1 aromatic heterocycles. The maximum atomic E-state index is 11.6. The highest BCUT2D eigenvalue weighted by atomic mass is 16.2. The number of nitrogens with zero attached hydrogens (tertiary/aromatic N) is 4. The molecule has 8 heteroatoms. The Kier molecular flexibility index (Phi) is 4.10. The van der Waals surface area contributed by atoms with Gasteiger partial charge in [-0.05, 0) is 12.8 Å². The molecular formula is C11H18N6O2. The molecule has 1 aliphatic rings. The molecule has 1 aliphatic heterocycles. The van der Waals surface area contributed by atoms with Crippen molar-refractivity contribution in [2.75, 3.05) is 13.1 Å². The molecule has 104 valence electrons. The normalized spacial score (nSPS) is 16.4. The Balaban J connectivity index is 1.96. The summed E-state index contributed by atoms with van der Waals surface area (Å²) in [5.41, 5.74) is 2.22. The molecule has 2 rings (SSSR count). The van der Waals surface area contributed by atoms with Crippen molar-refractivity contribution < 1.29 is 9.59 Å².